The lowest BCUT2D eigenvalue weighted by Gasteiger charge is -2.34. The molecule has 3 aliphatic rings. The second kappa shape index (κ2) is 12.3. The topological polar surface area (TPSA) is 60.0 Å². The number of nitrogens with one attached hydrogen (secondary N) is 2. The average Bonchev–Trinajstić information content (AvgIpc) is 3.38. The molecule has 2 unspecified atom stereocenters. The predicted molar refractivity (Wildman–Crippen MR) is 131 cm³/mol. The molecular weight excluding hydrogens is 477 g/mol. The van der Waals surface area contributed by atoms with Crippen LogP contribution >= 0.6 is 24.0 Å². The fraction of sp³-hybridized carbons (Fsp3) is 0.909. The third-order valence-electron chi connectivity index (χ3n) is 6.84. The van der Waals surface area contributed by atoms with E-state index < -0.39 is 0 Å². The lowest BCUT2D eigenvalue weighted by atomic mass is 9.98. The van der Waals surface area contributed by atoms with Gasteiger partial charge in [-0.05, 0) is 65.0 Å². The molecule has 6 nitrogen and oxygen atoms in total. The number of rotatable bonds is 6. The fourth-order valence-corrected chi connectivity index (χ4v) is 4.83. The van der Waals surface area contributed by atoms with E-state index in [-0.39, 0.29) is 29.9 Å². The Bertz CT molecular complexity index is 529. The maximum absolute atomic E-state index is 12.7. The van der Waals surface area contributed by atoms with Gasteiger partial charge in [0.2, 0.25) is 5.91 Å². The lowest BCUT2D eigenvalue weighted by molar-refractivity contribution is -0.134. The highest BCUT2D eigenvalue weighted by atomic mass is 127. The summed E-state index contributed by atoms with van der Waals surface area (Å²) in [5, 5.41) is 6.98. The molecule has 3 rings (SSSR count). The van der Waals surface area contributed by atoms with Gasteiger partial charge in [0, 0.05) is 37.6 Å². The highest BCUT2D eigenvalue weighted by Crippen LogP contribution is 2.27. The van der Waals surface area contributed by atoms with E-state index in [1.165, 1.54) is 38.8 Å². The quantitative estimate of drug-likeness (QED) is 0.322. The van der Waals surface area contributed by atoms with Crippen LogP contribution in [0.3, 0.4) is 0 Å². The van der Waals surface area contributed by atoms with Crippen LogP contribution in [0.1, 0.15) is 65.7 Å². The molecule has 29 heavy (non-hydrogen) atoms. The van der Waals surface area contributed by atoms with E-state index in [2.05, 4.69) is 41.2 Å². The van der Waals surface area contributed by atoms with Gasteiger partial charge in [-0.1, -0.05) is 19.8 Å². The molecule has 0 radical (unpaired) electrons. The van der Waals surface area contributed by atoms with Crippen LogP contribution in [0.5, 0.6) is 0 Å². The number of hydrogen-bond acceptors (Lipinski definition) is 3. The van der Waals surface area contributed by atoms with Crippen molar-refractivity contribution in [1.82, 2.24) is 20.4 Å². The number of nitrogens with zero attached hydrogens (tertiary/aromatic N) is 3. The van der Waals surface area contributed by atoms with Crippen LogP contribution in [0.25, 0.3) is 0 Å². The van der Waals surface area contributed by atoms with Gasteiger partial charge in [0.15, 0.2) is 5.96 Å². The van der Waals surface area contributed by atoms with Crippen molar-refractivity contribution < 1.29 is 4.79 Å². The van der Waals surface area contributed by atoms with Crippen LogP contribution in [-0.2, 0) is 4.79 Å². The van der Waals surface area contributed by atoms with Crippen molar-refractivity contribution >= 4 is 35.8 Å². The molecule has 1 amide bonds. The number of amides is 1. The van der Waals surface area contributed by atoms with Crippen LogP contribution in [-0.4, -0.2) is 73.0 Å². The van der Waals surface area contributed by atoms with Crippen LogP contribution in [0.15, 0.2) is 4.99 Å². The summed E-state index contributed by atoms with van der Waals surface area (Å²) in [6.07, 6.45) is 8.24. The smallest absolute Gasteiger partial charge is 0.225 e. The first-order chi connectivity index (χ1) is 13.6. The Morgan fingerprint density at radius 2 is 1.79 bits per heavy atom. The fourth-order valence-electron chi connectivity index (χ4n) is 4.83. The zero-order valence-electron chi connectivity index (χ0n) is 18.7. The van der Waals surface area contributed by atoms with Crippen LogP contribution in [0.4, 0.5) is 0 Å². The zero-order valence-corrected chi connectivity index (χ0v) is 21.0. The maximum Gasteiger partial charge on any atom is 0.225 e. The minimum atomic E-state index is 0. The van der Waals surface area contributed by atoms with Crippen molar-refractivity contribution in [1.29, 1.82) is 0 Å². The minimum Gasteiger partial charge on any atom is -0.357 e. The molecule has 7 heteroatoms. The molecular formula is C22H42IN5O. The van der Waals surface area contributed by atoms with Crippen molar-refractivity contribution in [2.24, 2.45) is 16.8 Å². The Kier molecular flexibility index (Phi) is 10.5. The first-order valence-electron chi connectivity index (χ1n) is 11.6. The Morgan fingerprint density at radius 3 is 2.45 bits per heavy atom. The Hall–Kier alpha value is -0.570. The van der Waals surface area contributed by atoms with Crippen LogP contribution in [0, 0.1) is 11.8 Å². The van der Waals surface area contributed by atoms with Gasteiger partial charge in [0.1, 0.15) is 0 Å². The number of carbonyl (C=O) groups excluding carboxylic acids is 1. The minimum absolute atomic E-state index is 0. The molecule has 0 spiro atoms. The predicted octanol–water partition coefficient (Wildman–Crippen LogP) is 3.07. The first kappa shape index (κ1) is 24.7. The maximum atomic E-state index is 12.7. The molecule has 0 aromatic rings. The summed E-state index contributed by atoms with van der Waals surface area (Å²) < 4.78 is 0. The van der Waals surface area contributed by atoms with E-state index in [9.17, 15) is 4.79 Å². The third-order valence-corrected chi connectivity index (χ3v) is 6.84. The lowest BCUT2D eigenvalue weighted by Crippen LogP contribution is -2.46. The molecule has 2 N–H and O–H groups in total. The standard InChI is InChI=1S/C22H41N5O.HI/c1-4-23-22(24-15-18(3)26-12-9-17(2)10-13-26)25-20-11-14-27(16-20)21(28)19-7-5-6-8-19;/h17-20H,4-16H2,1-3H3,(H2,23,24,25);1H. The molecule has 0 bridgehead atoms. The van der Waals surface area contributed by atoms with Crippen molar-refractivity contribution in [2.75, 3.05) is 39.3 Å². The number of guanidine groups is 1. The van der Waals surface area contributed by atoms with E-state index in [4.69, 9.17) is 4.99 Å². The number of carbonyl (C=O) groups is 1. The normalized spacial score (nSPS) is 25.7. The van der Waals surface area contributed by atoms with E-state index in [0.29, 0.717) is 18.0 Å². The summed E-state index contributed by atoms with van der Waals surface area (Å²) in [5.74, 6) is 2.44. The van der Waals surface area contributed by atoms with Gasteiger partial charge in [0.25, 0.3) is 0 Å². The molecule has 1 aliphatic carbocycles. The second-order valence-electron chi connectivity index (χ2n) is 9.18. The van der Waals surface area contributed by atoms with Crippen molar-refractivity contribution in [3.05, 3.63) is 0 Å². The highest BCUT2D eigenvalue weighted by Gasteiger charge is 2.32. The van der Waals surface area contributed by atoms with E-state index in [1.54, 1.807) is 0 Å². The molecule has 2 atom stereocenters. The van der Waals surface area contributed by atoms with Gasteiger partial charge < -0.3 is 15.5 Å². The van der Waals surface area contributed by atoms with E-state index >= 15 is 0 Å². The van der Waals surface area contributed by atoms with Crippen molar-refractivity contribution in [2.45, 2.75) is 77.8 Å². The largest absolute Gasteiger partial charge is 0.357 e. The van der Waals surface area contributed by atoms with E-state index in [1.807, 2.05) is 0 Å². The Balaban J connectivity index is 0.00000300. The number of halogens is 1. The summed E-state index contributed by atoms with van der Waals surface area (Å²) in [7, 11) is 0. The summed E-state index contributed by atoms with van der Waals surface area (Å²) >= 11 is 0. The van der Waals surface area contributed by atoms with Crippen LogP contribution < -0.4 is 10.6 Å². The van der Waals surface area contributed by atoms with Gasteiger partial charge in [-0.25, -0.2) is 0 Å². The second-order valence-corrected chi connectivity index (χ2v) is 9.18. The number of aliphatic imine (C=N–C) groups is 1. The molecule has 2 heterocycles. The number of likely N-dealkylation sites (tertiary alicyclic amines) is 2. The van der Waals surface area contributed by atoms with Crippen LogP contribution in [0.2, 0.25) is 0 Å². The SMILES string of the molecule is CCNC(=NCC(C)N1CCC(C)CC1)NC1CCN(C(=O)C2CCCC2)C1.I. The van der Waals surface area contributed by atoms with Gasteiger partial charge >= 0.3 is 0 Å². The van der Waals surface area contributed by atoms with Gasteiger partial charge in [-0.2, -0.15) is 0 Å². The average molecular weight is 520 g/mol. The third kappa shape index (κ3) is 7.26. The Labute approximate surface area is 194 Å². The Morgan fingerprint density at radius 1 is 1.10 bits per heavy atom. The van der Waals surface area contributed by atoms with Crippen molar-refractivity contribution in [3.8, 4) is 0 Å². The summed E-state index contributed by atoms with van der Waals surface area (Å²) in [6, 6.07) is 0.793. The summed E-state index contributed by atoms with van der Waals surface area (Å²) in [4.78, 5) is 22.2. The van der Waals surface area contributed by atoms with Gasteiger partial charge in [-0.3, -0.25) is 14.7 Å². The molecule has 168 valence electrons. The summed E-state index contributed by atoms with van der Waals surface area (Å²) in [5.41, 5.74) is 0. The molecule has 2 saturated heterocycles. The number of piperidine rings is 1. The molecule has 0 aromatic heterocycles. The molecule has 0 aromatic carbocycles. The molecule has 1 saturated carbocycles. The first-order valence-corrected chi connectivity index (χ1v) is 11.6. The van der Waals surface area contributed by atoms with Crippen molar-refractivity contribution in [3.63, 3.8) is 0 Å². The van der Waals surface area contributed by atoms with E-state index in [0.717, 1.165) is 57.3 Å². The van der Waals surface area contributed by atoms with Gasteiger partial charge in [0.05, 0.1) is 6.54 Å². The van der Waals surface area contributed by atoms with Gasteiger partial charge in [-0.15, -0.1) is 24.0 Å². The molecule has 2 aliphatic heterocycles. The summed E-state index contributed by atoms with van der Waals surface area (Å²) in [6.45, 7) is 12.5. The number of hydrogen-bond donors (Lipinski definition) is 2. The molecule has 3 fully saturated rings. The zero-order chi connectivity index (χ0) is 19.9. The highest BCUT2D eigenvalue weighted by molar-refractivity contribution is 14.0. The monoisotopic (exact) mass is 519 g/mol.